The fraction of sp³-hybridized carbons (Fsp3) is 1.00. The van der Waals surface area contributed by atoms with Crippen molar-refractivity contribution in [2.45, 2.75) is 137 Å². The second-order valence-electron chi connectivity index (χ2n) is 14.4. The van der Waals surface area contributed by atoms with Gasteiger partial charge in [-0.1, -0.05) is 39.5 Å². The van der Waals surface area contributed by atoms with Gasteiger partial charge in [0.05, 0.1) is 11.2 Å². The second kappa shape index (κ2) is 10.8. The van der Waals surface area contributed by atoms with E-state index >= 15 is 0 Å². The summed E-state index contributed by atoms with van der Waals surface area (Å²) in [6, 6.07) is 2.02. The van der Waals surface area contributed by atoms with Crippen molar-refractivity contribution in [3.63, 3.8) is 0 Å². The van der Waals surface area contributed by atoms with Gasteiger partial charge in [0.2, 0.25) is 0 Å². The average molecular weight is 497 g/mol. The standard InChI is InChI=1S/C14H34OSi2.C8H22O3Si2/c1-13(2,12-16(5,6)7)11-14(3,4)15-17(8,9)10;1-8(2,7-12(3,4)9)11-13(5,6)10/h11-12H2,1-10H3;9-10H,7H2,1-6H3. The van der Waals surface area contributed by atoms with Gasteiger partial charge in [0.25, 0.3) is 0 Å². The third-order valence-electron chi connectivity index (χ3n) is 3.88. The third-order valence-corrected chi connectivity index (χ3v) is 9.83. The molecule has 0 aromatic rings. The Bertz CT molecular complexity index is 461. The maximum atomic E-state index is 9.74. The molecule has 0 aliphatic carbocycles. The van der Waals surface area contributed by atoms with Gasteiger partial charge in [0.15, 0.2) is 16.6 Å². The fourth-order valence-corrected chi connectivity index (χ4v) is 13.7. The van der Waals surface area contributed by atoms with Crippen LogP contribution in [0.15, 0.2) is 0 Å². The topological polar surface area (TPSA) is 58.9 Å². The maximum Gasteiger partial charge on any atom is 0.329 e. The molecule has 0 saturated carbocycles. The molecule has 0 saturated heterocycles. The average Bonchev–Trinajstić information content (AvgIpc) is 2.09. The van der Waals surface area contributed by atoms with Crippen molar-refractivity contribution >= 4 is 33.3 Å². The van der Waals surface area contributed by atoms with Crippen molar-refractivity contribution in [2.24, 2.45) is 5.41 Å². The Hall–Kier alpha value is 0.708. The third kappa shape index (κ3) is 23.4. The molecule has 0 aromatic heterocycles. The molecule has 8 heteroatoms. The van der Waals surface area contributed by atoms with Crippen molar-refractivity contribution in [1.82, 2.24) is 0 Å². The Kier molecular flexibility index (Phi) is 11.8. The molecule has 0 unspecified atom stereocenters. The van der Waals surface area contributed by atoms with Gasteiger partial charge in [0, 0.05) is 8.07 Å². The predicted molar refractivity (Wildman–Crippen MR) is 144 cm³/mol. The van der Waals surface area contributed by atoms with Crippen molar-refractivity contribution in [3.05, 3.63) is 0 Å². The lowest BCUT2D eigenvalue weighted by atomic mass is 9.83. The molecule has 0 bridgehead atoms. The highest BCUT2D eigenvalue weighted by molar-refractivity contribution is 6.76. The quantitative estimate of drug-likeness (QED) is 0.318. The Balaban J connectivity index is 0. The smallest absolute Gasteiger partial charge is 0.329 e. The zero-order chi connectivity index (χ0) is 25.0. The first-order valence-corrected chi connectivity index (χ1v) is 24.5. The van der Waals surface area contributed by atoms with Crippen LogP contribution in [-0.2, 0) is 8.85 Å². The SMILES string of the molecule is CC(C)(CC(C)(C)O[Si](C)(C)C)C[Si](C)(C)C.CC(C)(C[Si](C)(C)O)O[Si](C)(C)O. The Morgan fingerprint density at radius 1 is 0.600 bits per heavy atom. The largest absolute Gasteiger partial charge is 0.432 e. The van der Waals surface area contributed by atoms with Crippen molar-refractivity contribution in [3.8, 4) is 0 Å². The summed E-state index contributed by atoms with van der Waals surface area (Å²) in [5, 5.41) is 0. The zero-order valence-electron chi connectivity index (χ0n) is 23.3. The Morgan fingerprint density at radius 3 is 1.27 bits per heavy atom. The molecule has 0 fully saturated rings. The highest BCUT2D eigenvalue weighted by Gasteiger charge is 2.36. The van der Waals surface area contributed by atoms with Crippen LogP contribution >= 0.6 is 0 Å². The molecule has 0 rings (SSSR count). The van der Waals surface area contributed by atoms with Crippen LogP contribution in [0.3, 0.4) is 0 Å². The molecule has 0 heterocycles. The minimum Gasteiger partial charge on any atom is -0.432 e. The molecule has 4 nitrogen and oxygen atoms in total. The van der Waals surface area contributed by atoms with Gasteiger partial charge in [-0.25, -0.2) is 0 Å². The van der Waals surface area contributed by atoms with E-state index in [9.17, 15) is 9.59 Å². The predicted octanol–water partition coefficient (Wildman–Crippen LogP) is 7.04. The van der Waals surface area contributed by atoms with Crippen molar-refractivity contribution in [2.75, 3.05) is 0 Å². The molecule has 0 aliphatic rings. The van der Waals surface area contributed by atoms with E-state index in [1.165, 1.54) is 6.04 Å². The van der Waals surface area contributed by atoms with Gasteiger partial charge >= 0.3 is 8.56 Å². The molecular weight excluding hydrogens is 441 g/mol. The molecule has 0 aromatic carbocycles. The van der Waals surface area contributed by atoms with E-state index < -0.39 is 38.9 Å². The first-order chi connectivity index (χ1) is 12.5. The summed E-state index contributed by atoms with van der Waals surface area (Å²) in [4.78, 5) is 19.3. The summed E-state index contributed by atoms with van der Waals surface area (Å²) in [6.07, 6.45) is 1.16. The molecule has 0 spiro atoms. The Labute approximate surface area is 193 Å². The number of hydrogen-bond acceptors (Lipinski definition) is 4. The lowest BCUT2D eigenvalue weighted by Gasteiger charge is -2.41. The van der Waals surface area contributed by atoms with E-state index in [-0.39, 0.29) is 5.60 Å². The van der Waals surface area contributed by atoms with Crippen LogP contribution in [-0.4, -0.2) is 54.1 Å². The molecule has 0 radical (unpaired) electrons. The first-order valence-electron chi connectivity index (χ1n) is 11.4. The lowest BCUT2D eigenvalue weighted by molar-refractivity contribution is 0.0546. The van der Waals surface area contributed by atoms with Crippen LogP contribution in [0.5, 0.6) is 0 Å². The van der Waals surface area contributed by atoms with E-state index in [4.69, 9.17) is 8.85 Å². The lowest BCUT2D eigenvalue weighted by Crippen LogP contribution is -2.45. The van der Waals surface area contributed by atoms with Crippen molar-refractivity contribution < 1.29 is 18.4 Å². The highest BCUT2D eigenvalue weighted by atomic mass is 28.4. The van der Waals surface area contributed by atoms with Gasteiger partial charge in [-0.2, -0.15) is 0 Å². The second-order valence-corrected chi connectivity index (χ2v) is 31.3. The normalized spacial score (nSPS) is 15.0. The molecule has 0 aliphatic heterocycles. The van der Waals surface area contributed by atoms with Crippen LogP contribution in [0.1, 0.15) is 48.0 Å². The van der Waals surface area contributed by atoms with E-state index in [0.29, 0.717) is 11.5 Å². The number of rotatable bonds is 10. The molecule has 0 atom stereocenters. The van der Waals surface area contributed by atoms with E-state index in [1.54, 1.807) is 13.1 Å². The van der Waals surface area contributed by atoms with E-state index in [1.807, 2.05) is 26.9 Å². The van der Waals surface area contributed by atoms with Gasteiger partial charge < -0.3 is 18.4 Å². The monoisotopic (exact) mass is 496 g/mol. The fourth-order valence-electron chi connectivity index (χ4n) is 5.27. The minimum atomic E-state index is -2.48. The van der Waals surface area contributed by atoms with Crippen LogP contribution in [0, 0.1) is 5.41 Å². The van der Waals surface area contributed by atoms with E-state index in [2.05, 4.69) is 67.0 Å². The molecule has 0 amide bonds. The summed E-state index contributed by atoms with van der Waals surface area (Å²) in [5.74, 6) is 0. The Morgan fingerprint density at radius 2 is 1.00 bits per heavy atom. The summed E-state index contributed by atoms with van der Waals surface area (Å²) < 4.78 is 11.9. The van der Waals surface area contributed by atoms with Crippen LogP contribution in [0.4, 0.5) is 0 Å². The van der Waals surface area contributed by atoms with Crippen LogP contribution in [0.25, 0.3) is 0 Å². The molecule has 2 N–H and O–H groups in total. The van der Waals surface area contributed by atoms with Gasteiger partial charge in [-0.3, -0.25) is 0 Å². The highest BCUT2D eigenvalue weighted by Crippen LogP contribution is 2.38. The summed E-state index contributed by atoms with van der Waals surface area (Å²) in [7, 11) is -7.02. The summed E-state index contributed by atoms with van der Waals surface area (Å²) >= 11 is 0. The molecule has 184 valence electrons. The van der Waals surface area contributed by atoms with Crippen LogP contribution in [0.2, 0.25) is 77.6 Å². The minimum absolute atomic E-state index is 0.0215. The zero-order valence-corrected chi connectivity index (χ0v) is 27.3. The maximum absolute atomic E-state index is 9.74. The van der Waals surface area contributed by atoms with Crippen LogP contribution < -0.4 is 0 Å². The van der Waals surface area contributed by atoms with Gasteiger partial charge in [-0.15, -0.1) is 0 Å². The summed E-state index contributed by atoms with van der Waals surface area (Å²) in [6.45, 7) is 34.6. The van der Waals surface area contributed by atoms with Crippen molar-refractivity contribution in [1.29, 1.82) is 0 Å². The van der Waals surface area contributed by atoms with Gasteiger partial charge in [0.1, 0.15) is 0 Å². The van der Waals surface area contributed by atoms with Gasteiger partial charge in [-0.05, 0) is 91.4 Å². The summed E-state index contributed by atoms with van der Waals surface area (Å²) in [5.41, 5.74) is 0.0101. The first kappa shape index (κ1) is 32.9. The molecular formula is C22H56O4Si4. The van der Waals surface area contributed by atoms with E-state index in [0.717, 1.165) is 6.42 Å². The number of hydrogen-bond donors (Lipinski definition) is 2. The molecule has 30 heavy (non-hydrogen) atoms.